The third kappa shape index (κ3) is 3.58. The van der Waals surface area contributed by atoms with E-state index >= 15 is 0 Å². The first kappa shape index (κ1) is 22.5. The second-order valence-electron chi connectivity index (χ2n) is 11.4. The van der Waals surface area contributed by atoms with Gasteiger partial charge in [0.05, 0.1) is 0 Å². The molecule has 0 aromatic carbocycles. The molecule has 1 saturated heterocycles. The Hall–Kier alpha value is 0.784. The van der Waals surface area contributed by atoms with E-state index in [2.05, 4.69) is 48.5 Å². The molecule has 156 valence electrons. The van der Waals surface area contributed by atoms with Gasteiger partial charge in [-0.25, -0.2) is 0 Å². The molecule has 4 rings (SSSR count). The Balaban J connectivity index is 1.73. The van der Waals surface area contributed by atoms with Crippen LogP contribution in [0.4, 0.5) is 0 Å². The molecule has 1 heterocycles. The van der Waals surface area contributed by atoms with Gasteiger partial charge >= 0.3 is 174 Å². The van der Waals surface area contributed by atoms with Crippen molar-refractivity contribution in [3.05, 3.63) is 0 Å². The Kier molecular flexibility index (Phi) is 6.49. The Morgan fingerprint density at radius 1 is 0.704 bits per heavy atom. The van der Waals surface area contributed by atoms with Crippen LogP contribution in [-0.4, -0.2) is 36.7 Å². The molecule has 0 aromatic rings. The summed E-state index contributed by atoms with van der Waals surface area (Å²) in [6.07, 6.45) is 13.0. The van der Waals surface area contributed by atoms with Crippen molar-refractivity contribution in [1.29, 1.82) is 0 Å². The van der Waals surface area contributed by atoms with Gasteiger partial charge in [0.2, 0.25) is 0 Å². The van der Waals surface area contributed by atoms with Gasteiger partial charge in [0.1, 0.15) is 0 Å². The second kappa shape index (κ2) is 7.80. The van der Waals surface area contributed by atoms with E-state index in [1.807, 2.05) is 0 Å². The van der Waals surface area contributed by atoms with Crippen LogP contribution in [0.1, 0.15) is 106 Å². The van der Waals surface area contributed by atoms with Gasteiger partial charge in [0, 0.05) is 0 Å². The summed E-state index contributed by atoms with van der Waals surface area (Å²) in [5.74, 6) is 0. The zero-order chi connectivity index (χ0) is 20.0. The summed E-state index contributed by atoms with van der Waals surface area (Å²) in [7, 11) is 0.0527. The molecule has 0 amide bonds. The minimum absolute atomic E-state index is 0.0527. The van der Waals surface area contributed by atoms with Crippen molar-refractivity contribution in [2.75, 3.05) is 0 Å². The maximum atomic E-state index is 6.51. The predicted molar refractivity (Wildman–Crippen MR) is 120 cm³/mol. The molecule has 0 N–H and O–H groups in total. The average Bonchev–Trinajstić information content (AvgIpc) is 2.73. The maximum absolute atomic E-state index is 6.51. The van der Waals surface area contributed by atoms with Crippen molar-refractivity contribution in [2.24, 2.45) is 0 Å². The van der Waals surface area contributed by atoms with E-state index in [1.165, 1.54) is 57.8 Å². The summed E-state index contributed by atoms with van der Waals surface area (Å²) in [5.41, 5.74) is -0.347. The molecule has 2 nitrogen and oxygen atoms in total. The third-order valence-corrected chi connectivity index (χ3v) is 28.1. The fourth-order valence-corrected chi connectivity index (χ4v) is 28.2. The predicted octanol–water partition coefficient (Wildman–Crippen LogP) is 7.61. The van der Waals surface area contributed by atoms with Crippen molar-refractivity contribution < 1.29 is 9.31 Å². The number of unbranched alkanes of at least 4 members (excludes halogenated alkanes) is 3. The van der Waals surface area contributed by atoms with Crippen LogP contribution in [0, 0.1) is 0 Å². The molecule has 0 spiro atoms. The van der Waals surface area contributed by atoms with E-state index < -0.39 is 18.4 Å². The van der Waals surface area contributed by atoms with Gasteiger partial charge in [0.15, 0.2) is 0 Å². The van der Waals surface area contributed by atoms with E-state index in [0.29, 0.717) is 5.31 Å². The van der Waals surface area contributed by atoms with E-state index in [1.54, 1.807) is 13.3 Å². The van der Waals surface area contributed by atoms with Crippen LogP contribution >= 0.6 is 0 Å². The first-order valence-electron chi connectivity index (χ1n) is 12.0. The zero-order valence-electron chi connectivity index (χ0n) is 19.4. The summed E-state index contributed by atoms with van der Waals surface area (Å²) in [5, 5.41) is 0.373. The molecular weight excluding hydrogens is 438 g/mol. The molecule has 0 radical (unpaired) electrons. The molecule has 27 heavy (non-hydrogen) atoms. The topological polar surface area (TPSA) is 18.5 Å². The molecule has 0 unspecified atom stereocenters. The molecule has 1 aliphatic heterocycles. The van der Waals surface area contributed by atoms with Crippen molar-refractivity contribution in [3.63, 3.8) is 0 Å². The SMILES string of the molecule is CCC[CH2][Sn]([CH2]CCC)([CH2]CCC)[C]12CC(B3OC(C)(C)C(C)(C)O3)(C1)C2. The van der Waals surface area contributed by atoms with E-state index in [4.69, 9.17) is 9.31 Å². The van der Waals surface area contributed by atoms with Gasteiger partial charge in [-0.15, -0.1) is 0 Å². The van der Waals surface area contributed by atoms with Crippen LogP contribution < -0.4 is 0 Å². The summed E-state index contributed by atoms with van der Waals surface area (Å²) in [6, 6.07) is 0. The van der Waals surface area contributed by atoms with Gasteiger partial charge in [-0.2, -0.15) is 0 Å². The van der Waals surface area contributed by atoms with Crippen LogP contribution in [0.5, 0.6) is 0 Å². The van der Waals surface area contributed by atoms with Crippen molar-refractivity contribution in [2.45, 2.75) is 140 Å². The van der Waals surface area contributed by atoms with Crippen molar-refractivity contribution in [3.8, 4) is 0 Å². The Morgan fingerprint density at radius 3 is 1.41 bits per heavy atom. The number of rotatable bonds is 11. The zero-order valence-corrected chi connectivity index (χ0v) is 22.2. The van der Waals surface area contributed by atoms with Crippen LogP contribution in [0.2, 0.25) is 22.1 Å². The summed E-state index contributed by atoms with van der Waals surface area (Å²) in [6.45, 7) is 16.0. The number of hydrogen-bond acceptors (Lipinski definition) is 2. The molecule has 3 aliphatic carbocycles. The van der Waals surface area contributed by atoms with Crippen LogP contribution in [0.3, 0.4) is 0 Å². The fraction of sp³-hybridized carbons (Fsp3) is 1.00. The van der Waals surface area contributed by atoms with Gasteiger partial charge in [-0.05, 0) is 0 Å². The second-order valence-corrected chi connectivity index (χ2v) is 26.0. The molecule has 3 saturated carbocycles. The van der Waals surface area contributed by atoms with Crippen LogP contribution in [0.25, 0.3) is 0 Å². The molecular formula is C23H45BO2Sn. The fourth-order valence-electron chi connectivity index (χ4n) is 6.49. The van der Waals surface area contributed by atoms with Gasteiger partial charge in [0.25, 0.3) is 0 Å². The molecule has 4 aliphatic rings. The molecule has 2 bridgehead atoms. The van der Waals surface area contributed by atoms with Gasteiger partial charge in [-0.1, -0.05) is 0 Å². The van der Waals surface area contributed by atoms with Crippen LogP contribution in [0.15, 0.2) is 0 Å². The van der Waals surface area contributed by atoms with E-state index in [9.17, 15) is 0 Å². The van der Waals surface area contributed by atoms with Gasteiger partial charge < -0.3 is 0 Å². The minimum atomic E-state index is -2.13. The Bertz CT molecular complexity index is 473. The molecule has 4 heteroatoms. The normalized spacial score (nSPS) is 33.7. The first-order chi connectivity index (χ1) is 12.6. The quantitative estimate of drug-likeness (QED) is 0.282. The summed E-state index contributed by atoms with van der Waals surface area (Å²) >= 11 is -2.13. The first-order valence-corrected chi connectivity index (χ1v) is 19.5. The summed E-state index contributed by atoms with van der Waals surface area (Å²) in [4.78, 5) is 0. The summed E-state index contributed by atoms with van der Waals surface area (Å²) < 4.78 is 18.8. The molecule has 0 atom stereocenters. The van der Waals surface area contributed by atoms with E-state index in [0.717, 1.165) is 3.43 Å². The van der Waals surface area contributed by atoms with Gasteiger partial charge in [-0.3, -0.25) is 0 Å². The van der Waals surface area contributed by atoms with Crippen molar-refractivity contribution >= 4 is 25.5 Å². The Morgan fingerprint density at radius 2 is 1.07 bits per heavy atom. The average molecular weight is 483 g/mol. The number of hydrogen-bond donors (Lipinski definition) is 0. The van der Waals surface area contributed by atoms with E-state index in [-0.39, 0.29) is 18.3 Å². The molecule has 4 fully saturated rings. The van der Waals surface area contributed by atoms with Crippen molar-refractivity contribution in [1.82, 2.24) is 0 Å². The standard InChI is InChI=1S/C11H18BO2.3C4H9.Sn/c1-9(2)10(3,4)14-12(13-9)11-5-8(6-11)7-11;3*1-3-4-2;/h5-7H2,1-4H3;3*1,3-4H2,2H3;. The monoisotopic (exact) mass is 484 g/mol. The molecule has 0 aromatic heterocycles. The van der Waals surface area contributed by atoms with Crippen LogP contribution in [-0.2, 0) is 9.31 Å². The third-order valence-electron chi connectivity index (χ3n) is 8.98. The Labute approximate surface area is 173 Å².